The van der Waals surface area contributed by atoms with E-state index in [-0.39, 0.29) is 11.9 Å². The largest absolute Gasteiger partial charge is 0.486 e. The van der Waals surface area contributed by atoms with Crippen LogP contribution in [0.25, 0.3) is 0 Å². The summed E-state index contributed by atoms with van der Waals surface area (Å²) in [6.07, 6.45) is 2.38. The highest BCUT2D eigenvalue weighted by Gasteiger charge is 2.25. The summed E-state index contributed by atoms with van der Waals surface area (Å²) in [6, 6.07) is 4.97. The van der Waals surface area contributed by atoms with Crippen molar-refractivity contribution in [3.8, 4) is 5.75 Å². The van der Waals surface area contributed by atoms with Crippen molar-refractivity contribution in [1.82, 2.24) is 0 Å². The van der Waals surface area contributed by atoms with Crippen LogP contribution in [0.15, 0.2) is 18.2 Å². The monoisotopic (exact) mass is 278 g/mol. The van der Waals surface area contributed by atoms with Gasteiger partial charge in [0.1, 0.15) is 0 Å². The van der Waals surface area contributed by atoms with E-state index in [1.165, 1.54) is 6.07 Å². The van der Waals surface area contributed by atoms with E-state index in [0.29, 0.717) is 5.75 Å². The van der Waals surface area contributed by atoms with Crippen LogP contribution in [0.1, 0.15) is 12.8 Å². The van der Waals surface area contributed by atoms with Crippen LogP contribution in [0, 0.1) is 9.39 Å². The van der Waals surface area contributed by atoms with Crippen molar-refractivity contribution in [2.45, 2.75) is 18.9 Å². The Morgan fingerprint density at radius 3 is 2.75 bits per heavy atom. The van der Waals surface area contributed by atoms with Gasteiger partial charge in [-0.05, 0) is 47.6 Å². The first kappa shape index (κ1) is 8.29. The smallest absolute Gasteiger partial charge is 0.168 e. The molecule has 1 aliphatic carbocycles. The number of halogens is 2. The summed E-state index contributed by atoms with van der Waals surface area (Å²) in [5.41, 5.74) is 0. The zero-order chi connectivity index (χ0) is 8.55. The van der Waals surface area contributed by atoms with E-state index < -0.39 is 0 Å². The lowest BCUT2D eigenvalue weighted by Crippen LogP contribution is -1.99. The molecule has 0 atom stereocenters. The fourth-order valence-corrected chi connectivity index (χ4v) is 1.54. The fraction of sp³-hybridized carbons (Fsp3) is 0.333. The lowest BCUT2D eigenvalue weighted by Gasteiger charge is -2.06. The van der Waals surface area contributed by atoms with Crippen molar-refractivity contribution in [2.75, 3.05) is 0 Å². The number of hydrogen-bond donors (Lipinski definition) is 0. The normalized spacial score (nSPS) is 16.2. The maximum Gasteiger partial charge on any atom is 0.168 e. The Morgan fingerprint density at radius 1 is 1.42 bits per heavy atom. The molecule has 3 heteroatoms. The summed E-state index contributed by atoms with van der Waals surface area (Å²) in [5.74, 6) is 0.161. The average molecular weight is 278 g/mol. The lowest BCUT2D eigenvalue weighted by atomic mass is 10.3. The van der Waals surface area contributed by atoms with E-state index in [4.69, 9.17) is 4.74 Å². The number of rotatable bonds is 2. The highest BCUT2D eigenvalue weighted by molar-refractivity contribution is 14.1. The first-order valence-corrected chi connectivity index (χ1v) is 4.96. The molecule has 0 heterocycles. The molecule has 0 bridgehead atoms. The molecule has 64 valence electrons. The predicted molar refractivity (Wildman–Crippen MR) is 52.8 cm³/mol. The summed E-state index contributed by atoms with van der Waals surface area (Å²) in [7, 11) is 0. The maximum atomic E-state index is 13.1. The van der Waals surface area contributed by atoms with Crippen molar-refractivity contribution < 1.29 is 9.13 Å². The molecule has 0 amide bonds. The Labute approximate surface area is 84.1 Å². The van der Waals surface area contributed by atoms with E-state index in [9.17, 15) is 4.39 Å². The van der Waals surface area contributed by atoms with Crippen LogP contribution in [0.5, 0.6) is 5.75 Å². The Kier molecular flexibility index (Phi) is 2.21. The Bertz CT molecular complexity index is 276. The van der Waals surface area contributed by atoms with Gasteiger partial charge in [-0.25, -0.2) is 4.39 Å². The van der Waals surface area contributed by atoms with E-state index >= 15 is 0 Å². The molecule has 0 saturated heterocycles. The summed E-state index contributed by atoms with van der Waals surface area (Å²) in [6.45, 7) is 0. The first-order chi connectivity index (χ1) is 5.77. The van der Waals surface area contributed by atoms with Crippen LogP contribution in [0.4, 0.5) is 4.39 Å². The van der Waals surface area contributed by atoms with Crippen molar-refractivity contribution in [3.05, 3.63) is 27.6 Å². The van der Waals surface area contributed by atoms with Crippen LogP contribution in [-0.4, -0.2) is 6.10 Å². The van der Waals surface area contributed by atoms with Gasteiger partial charge in [0.15, 0.2) is 11.6 Å². The first-order valence-electron chi connectivity index (χ1n) is 3.88. The van der Waals surface area contributed by atoms with Gasteiger partial charge in [-0.1, -0.05) is 6.07 Å². The number of benzene rings is 1. The molecule has 1 aromatic carbocycles. The minimum Gasteiger partial charge on any atom is -0.486 e. The van der Waals surface area contributed by atoms with Crippen LogP contribution < -0.4 is 4.74 Å². The highest BCUT2D eigenvalue weighted by Crippen LogP contribution is 2.31. The van der Waals surface area contributed by atoms with Gasteiger partial charge in [-0.3, -0.25) is 0 Å². The molecule has 1 aromatic rings. The lowest BCUT2D eigenvalue weighted by molar-refractivity contribution is 0.285. The van der Waals surface area contributed by atoms with Gasteiger partial charge in [0.25, 0.3) is 0 Å². The Balaban J connectivity index is 2.26. The standard InChI is InChI=1S/C9H8FIO/c10-7-2-1-3-8(11)9(7)12-6-4-5-6/h1-3,6H,4-5H2. The summed E-state index contributed by atoms with van der Waals surface area (Å²) < 4.78 is 19.4. The molecule has 0 aromatic heterocycles. The van der Waals surface area contributed by atoms with Gasteiger partial charge in [0, 0.05) is 0 Å². The SMILES string of the molecule is Fc1cccc(I)c1OC1CC1. The molecule has 1 fully saturated rings. The zero-order valence-electron chi connectivity index (χ0n) is 6.39. The molecule has 0 N–H and O–H groups in total. The molecule has 1 aliphatic rings. The average Bonchev–Trinajstić information content (AvgIpc) is 2.80. The second kappa shape index (κ2) is 3.20. The third-order valence-corrected chi connectivity index (χ3v) is 2.58. The van der Waals surface area contributed by atoms with Gasteiger partial charge in [-0.15, -0.1) is 0 Å². The van der Waals surface area contributed by atoms with Crippen LogP contribution in [-0.2, 0) is 0 Å². The molecule has 12 heavy (non-hydrogen) atoms. The van der Waals surface area contributed by atoms with Gasteiger partial charge in [0.2, 0.25) is 0 Å². The number of para-hydroxylation sites is 1. The highest BCUT2D eigenvalue weighted by atomic mass is 127. The molecular formula is C9H8FIO. The van der Waals surface area contributed by atoms with Crippen LogP contribution >= 0.6 is 22.6 Å². The van der Waals surface area contributed by atoms with Crippen LogP contribution in [0.3, 0.4) is 0 Å². The van der Waals surface area contributed by atoms with Crippen LogP contribution in [0.2, 0.25) is 0 Å². The quantitative estimate of drug-likeness (QED) is 0.756. The van der Waals surface area contributed by atoms with Crippen molar-refractivity contribution in [3.63, 3.8) is 0 Å². The minimum absolute atomic E-state index is 0.256. The molecule has 1 nitrogen and oxygen atoms in total. The molecule has 0 aliphatic heterocycles. The van der Waals surface area contributed by atoms with Gasteiger partial charge < -0.3 is 4.74 Å². The maximum absolute atomic E-state index is 13.1. The Morgan fingerprint density at radius 2 is 2.17 bits per heavy atom. The van der Waals surface area contributed by atoms with Gasteiger partial charge in [0.05, 0.1) is 9.67 Å². The van der Waals surface area contributed by atoms with Gasteiger partial charge in [-0.2, -0.15) is 0 Å². The third kappa shape index (κ3) is 1.71. The molecule has 0 radical (unpaired) electrons. The van der Waals surface area contributed by atoms with Gasteiger partial charge >= 0.3 is 0 Å². The van der Waals surface area contributed by atoms with E-state index in [2.05, 4.69) is 22.6 Å². The van der Waals surface area contributed by atoms with E-state index in [1.807, 2.05) is 6.07 Å². The molecule has 1 saturated carbocycles. The third-order valence-electron chi connectivity index (χ3n) is 1.73. The topological polar surface area (TPSA) is 9.23 Å². The zero-order valence-corrected chi connectivity index (χ0v) is 8.55. The minimum atomic E-state index is -0.256. The van der Waals surface area contributed by atoms with Crippen molar-refractivity contribution in [1.29, 1.82) is 0 Å². The predicted octanol–water partition coefficient (Wildman–Crippen LogP) is 2.97. The second-order valence-corrected chi connectivity index (χ2v) is 4.03. The van der Waals surface area contributed by atoms with Crippen molar-refractivity contribution in [2.24, 2.45) is 0 Å². The van der Waals surface area contributed by atoms with E-state index in [1.54, 1.807) is 6.07 Å². The summed E-state index contributed by atoms with van der Waals surface area (Å²) >= 11 is 2.08. The molecule has 2 rings (SSSR count). The fourth-order valence-electron chi connectivity index (χ4n) is 0.948. The molecular weight excluding hydrogens is 270 g/mol. The van der Waals surface area contributed by atoms with Crippen molar-refractivity contribution >= 4 is 22.6 Å². The molecule has 0 unspecified atom stereocenters. The second-order valence-electron chi connectivity index (χ2n) is 2.87. The Hall–Kier alpha value is -0.320. The van der Waals surface area contributed by atoms with E-state index in [0.717, 1.165) is 16.4 Å². The summed E-state index contributed by atoms with van der Waals surface area (Å²) in [4.78, 5) is 0. The number of hydrogen-bond acceptors (Lipinski definition) is 1. The summed E-state index contributed by atoms with van der Waals surface area (Å²) in [5, 5.41) is 0. The molecule has 0 spiro atoms. The number of ether oxygens (including phenoxy) is 1.